The summed E-state index contributed by atoms with van der Waals surface area (Å²) in [5, 5.41) is 3.33. The van der Waals surface area contributed by atoms with Gasteiger partial charge in [-0.2, -0.15) is 0 Å². The molecule has 1 aromatic carbocycles. The van der Waals surface area contributed by atoms with E-state index in [2.05, 4.69) is 68.1 Å². The molecule has 0 radical (unpaired) electrons. The fraction of sp³-hybridized carbons (Fsp3) is 0.312. The van der Waals surface area contributed by atoms with Crippen LogP contribution >= 0.6 is 31.9 Å². The van der Waals surface area contributed by atoms with E-state index in [4.69, 9.17) is 4.74 Å². The number of nitrogens with one attached hydrogen (secondary N) is 1. The van der Waals surface area contributed by atoms with Crippen molar-refractivity contribution in [1.82, 2.24) is 10.3 Å². The zero-order valence-corrected chi connectivity index (χ0v) is 15.7. The molecule has 1 atom stereocenters. The van der Waals surface area contributed by atoms with Crippen LogP contribution in [0.5, 0.6) is 5.75 Å². The summed E-state index contributed by atoms with van der Waals surface area (Å²) in [6.45, 7) is 4.16. The van der Waals surface area contributed by atoms with E-state index in [0.717, 1.165) is 31.5 Å². The molecule has 0 aliphatic rings. The Morgan fingerprint density at radius 2 is 1.95 bits per heavy atom. The second-order valence-corrected chi connectivity index (χ2v) is 6.64. The molecule has 1 N–H and O–H groups in total. The fourth-order valence-corrected chi connectivity index (χ4v) is 3.60. The lowest BCUT2D eigenvalue weighted by Crippen LogP contribution is -2.20. The molecule has 0 aliphatic heterocycles. The van der Waals surface area contributed by atoms with Crippen LogP contribution in [-0.4, -0.2) is 19.1 Å². The molecule has 0 saturated carbocycles. The number of pyridine rings is 1. The molecule has 0 fully saturated rings. The summed E-state index contributed by atoms with van der Waals surface area (Å²) in [5.74, 6) is 0.908. The molecular weight excluding hydrogens is 396 g/mol. The summed E-state index contributed by atoms with van der Waals surface area (Å²) in [5.41, 5.74) is 4.39. The second kappa shape index (κ2) is 6.90. The predicted molar refractivity (Wildman–Crippen MR) is 93.0 cm³/mol. The zero-order chi connectivity index (χ0) is 15.6. The number of rotatable bonds is 4. The van der Waals surface area contributed by atoms with Crippen molar-refractivity contribution in [1.29, 1.82) is 0 Å². The Kier molecular flexibility index (Phi) is 5.41. The van der Waals surface area contributed by atoms with Crippen molar-refractivity contribution in [3.05, 3.63) is 55.7 Å². The molecule has 1 aromatic heterocycles. The van der Waals surface area contributed by atoms with Gasteiger partial charge in [-0.3, -0.25) is 4.98 Å². The lowest BCUT2D eigenvalue weighted by molar-refractivity contribution is 0.401. The smallest absolute Gasteiger partial charge is 0.127 e. The average molecular weight is 414 g/mol. The third-order valence-electron chi connectivity index (χ3n) is 3.62. The molecule has 0 aliphatic carbocycles. The number of nitrogens with zero attached hydrogens (tertiary/aromatic N) is 1. The lowest BCUT2D eigenvalue weighted by Gasteiger charge is -2.22. The van der Waals surface area contributed by atoms with Gasteiger partial charge in [0.25, 0.3) is 0 Å². The quantitative estimate of drug-likeness (QED) is 0.798. The van der Waals surface area contributed by atoms with Crippen LogP contribution in [0, 0.1) is 13.8 Å². The molecular formula is C16H18Br2N2O. The van der Waals surface area contributed by atoms with E-state index in [1.807, 2.05) is 13.1 Å². The van der Waals surface area contributed by atoms with Crippen molar-refractivity contribution in [2.75, 3.05) is 14.2 Å². The molecule has 0 spiro atoms. The van der Waals surface area contributed by atoms with Crippen LogP contribution in [0.15, 0.2) is 33.3 Å². The van der Waals surface area contributed by atoms with Gasteiger partial charge < -0.3 is 10.1 Å². The van der Waals surface area contributed by atoms with E-state index in [0.29, 0.717) is 0 Å². The highest BCUT2D eigenvalue weighted by Crippen LogP contribution is 2.36. The summed E-state index contributed by atoms with van der Waals surface area (Å²) in [6, 6.07) is 6.17. The average Bonchev–Trinajstić information content (AvgIpc) is 2.45. The van der Waals surface area contributed by atoms with E-state index >= 15 is 0 Å². The molecule has 5 heteroatoms. The van der Waals surface area contributed by atoms with Gasteiger partial charge in [0.2, 0.25) is 0 Å². The molecule has 3 nitrogen and oxygen atoms in total. The summed E-state index contributed by atoms with van der Waals surface area (Å²) in [6.07, 6.45) is 1.80. The zero-order valence-electron chi connectivity index (χ0n) is 12.5. The number of aromatic nitrogens is 1. The first kappa shape index (κ1) is 16.5. The lowest BCUT2D eigenvalue weighted by atomic mass is 9.97. The SMILES string of the molecule is CNC(c1ccc(C)c(C)c1OC)c1ncc(Br)cc1Br. The highest BCUT2D eigenvalue weighted by molar-refractivity contribution is 9.11. The van der Waals surface area contributed by atoms with E-state index in [1.54, 1.807) is 13.3 Å². The van der Waals surface area contributed by atoms with Crippen LogP contribution in [0.2, 0.25) is 0 Å². The van der Waals surface area contributed by atoms with Gasteiger partial charge in [0, 0.05) is 20.7 Å². The molecule has 112 valence electrons. The van der Waals surface area contributed by atoms with Gasteiger partial charge in [0.15, 0.2) is 0 Å². The Balaban J connectivity index is 2.59. The molecule has 0 saturated heterocycles. The standard InChI is InChI=1S/C16H18Br2N2O/c1-9-5-6-12(16(21-4)10(9)2)14(19-3)15-13(18)7-11(17)8-20-15/h5-8,14,19H,1-4H3. The molecule has 0 amide bonds. The number of methoxy groups -OCH3 is 1. The van der Waals surface area contributed by atoms with Crippen LogP contribution in [0.1, 0.15) is 28.4 Å². The maximum absolute atomic E-state index is 5.63. The van der Waals surface area contributed by atoms with E-state index in [1.165, 1.54) is 5.56 Å². The number of hydrogen-bond acceptors (Lipinski definition) is 3. The minimum Gasteiger partial charge on any atom is -0.496 e. The summed E-state index contributed by atoms with van der Waals surface area (Å²) in [7, 11) is 3.64. The Hall–Kier alpha value is -0.910. The van der Waals surface area contributed by atoms with Crippen LogP contribution in [0.3, 0.4) is 0 Å². The number of benzene rings is 1. The van der Waals surface area contributed by atoms with Crippen LogP contribution < -0.4 is 10.1 Å². The second-order valence-electron chi connectivity index (χ2n) is 4.87. The normalized spacial score (nSPS) is 12.3. The van der Waals surface area contributed by atoms with Crippen molar-refractivity contribution in [2.45, 2.75) is 19.9 Å². The highest BCUT2D eigenvalue weighted by atomic mass is 79.9. The topological polar surface area (TPSA) is 34.1 Å². The van der Waals surface area contributed by atoms with Crippen molar-refractivity contribution in [2.24, 2.45) is 0 Å². The van der Waals surface area contributed by atoms with Crippen molar-refractivity contribution >= 4 is 31.9 Å². The third kappa shape index (κ3) is 3.30. The van der Waals surface area contributed by atoms with Crippen LogP contribution in [0.25, 0.3) is 0 Å². The Labute approximate surface area is 142 Å². The molecule has 2 aromatic rings. The molecule has 1 unspecified atom stereocenters. The van der Waals surface area contributed by atoms with Gasteiger partial charge in [0.1, 0.15) is 5.75 Å². The van der Waals surface area contributed by atoms with Gasteiger partial charge in [-0.1, -0.05) is 12.1 Å². The monoisotopic (exact) mass is 412 g/mol. The maximum atomic E-state index is 5.63. The fourth-order valence-electron chi connectivity index (χ4n) is 2.39. The summed E-state index contributed by atoms with van der Waals surface area (Å²) >= 11 is 7.03. The number of hydrogen-bond donors (Lipinski definition) is 1. The molecule has 0 bridgehead atoms. The molecule has 21 heavy (non-hydrogen) atoms. The first-order valence-corrected chi connectivity index (χ1v) is 8.20. The predicted octanol–water partition coefficient (Wildman–Crippen LogP) is 4.54. The van der Waals surface area contributed by atoms with Crippen molar-refractivity contribution < 1.29 is 4.74 Å². The Morgan fingerprint density at radius 3 is 2.52 bits per heavy atom. The Morgan fingerprint density at radius 1 is 1.24 bits per heavy atom. The van der Waals surface area contributed by atoms with E-state index in [9.17, 15) is 0 Å². The van der Waals surface area contributed by atoms with Gasteiger partial charge in [-0.25, -0.2) is 0 Å². The van der Waals surface area contributed by atoms with Gasteiger partial charge in [0.05, 0.1) is 18.8 Å². The molecule has 2 rings (SSSR count). The third-order valence-corrected chi connectivity index (χ3v) is 4.69. The van der Waals surface area contributed by atoms with Crippen molar-refractivity contribution in [3.63, 3.8) is 0 Å². The minimum absolute atomic E-state index is 0.0401. The maximum Gasteiger partial charge on any atom is 0.127 e. The summed E-state index contributed by atoms with van der Waals surface area (Å²) in [4.78, 5) is 4.54. The first-order chi connectivity index (χ1) is 9.99. The highest BCUT2D eigenvalue weighted by Gasteiger charge is 2.22. The van der Waals surface area contributed by atoms with E-state index < -0.39 is 0 Å². The Bertz CT molecular complexity index is 659. The van der Waals surface area contributed by atoms with Crippen molar-refractivity contribution in [3.8, 4) is 5.75 Å². The van der Waals surface area contributed by atoms with Gasteiger partial charge >= 0.3 is 0 Å². The van der Waals surface area contributed by atoms with E-state index in [-0.39, 0.29) is 6.04 Å². The van der Waals surface area contributed by atoms with Crippen LogP contribution in [-0.2, 0) is 0 Å². The largest absolute Gasteiger partial charge is 0.496 e. The number of aryl methyl sites for hydroxylation is 1. The van der Waals surface area contributed by atoms with Gasteiger partial charge in [-0.15, -0.1) is 0 Å². The first-order valence-electron chi connectivity index (χ1n) is 6.61. The molecule has 1 heterocycles. The van der Waals surface area contributed by atoms with Crippen LogP contribution in [0.4, 0.5) is 0 Å². The summed E-state index contributed by atoms with van der Waals surface area (Å²) < 4.78 is 7.53. The number of halogens is 2. The minimum atomic E-state index is -0.0401. The van der Waals surface area contributed by atoms with Gasteiger partial charge in [-0.05, 0) is 69.9 Å². The number of ether oxygens (including phenoxy) is 1.